The molecule has 0 bridgehead atoms. The second-order valence-corrected chi connectivity index (χ2v) is 9.00. The molecule has 1 amide bonds. The number of nitrogens with zero attached hydrogens (tertiary/aromatic N) is 4. The predicted molar refractivity (Wildman–Crippen MR) is 111 cm³/mol. The Hall–Kier alpha value is -3.04. The maximum atomic E-state index is 12.9. The van der Waals surface area contributed by atoms with Gasteiger partial charge < -0.3 is 4.90 Å². The maximum Gasteiger partial charge on any atom is 0.253 e. The van der Waals surface area contributed by atoms with Gasteiger partial charge in [0, 0.05) is 25.2 Å². The van der Waals surface area contributed by atoms with E-state index >= 15 is 0 Å². The number of nitrogens with one attached hydrogen (secondary N) is 1. The van der Waals surface area contributed by atoms with Crippen LogP contribution < -0.4 is 4.72 Å². The molecule has 2 aromatic carbocycles. The number of carbonyl (C=O) groups is 1. The van der Waals surface area contributed by atoms with Gasteiger partial charge in [0.15, 0.2) is 0 Å². The Morgan fingerprint density at radius 2 is 1.83 bits per heavy atom. The molecule has 1 N–H and O–H groups in total. The third-order valence-electron chi connectivity index (χ3n) is 5.26. The summed E-state index contributed by atoms with van der Waals surface area (Å²) in [5, 5.41) is 4.17. The molecule has 0 unspecified atom stereocenters. The molecule has 0 saturated carbocycles. The Kier molecular flexibility index (Phi) is 5.91. The van der Waals surface area contributed by atoms with Crippen molar-refractivity contribution in [2.24, 2.45) is 0 Å². The molecular weight excluding hydrogens is 402 g/mol. The van der Waals surface area contributed by atoms with Crippen molar-refractivity contribution in [2.45, 2.75) is 30.3 Å². The summed E-state index contributed by atoms with van der Waals surface area (Å²) >= 11 is 0. The zero-order valence-corrected chi connectivity index (χ0v) is 17.2. The van der Waals surface area contributed by atoms with Gasteiger partial charge in [-0.05, 0) is 36.6 Å². The molecule has 1 saturated heterocycles. The first-order chi connectivity index (χ1) is 14.5. The fourth-order valence-electron chi connectivity index (χ4n) is 3.58. The minimum Gasteiger partial charge on any atom is -0.338 e. The first-order valence-electron chi connectivity index (χ1n) is 9.80. The van der Waals surface area contributed by atoms with Crippen LogP contribution in [0.25, 0.3) is 0 Å². The second kappa shape index (κ2) is 8.76. The van der Waals surface area contributed by atoms with Crippen molar-refractivity contribution in [3.8, 4) is 0 Å². The minimum atomic E-state index is -3.72. The second-order valence-electron chi connectivity index (χ2n) is 7.24. The van der Waals surface area contributed by atoms with Gasteiger partial charge in [0.1, 0.15) is 12.7 Å². The van der Waals surface area contributed by atoms with Crippen LogP contribution in [0.15, 0.2) is 72.1 Å². The van der Waals surface area contributed by atoms with E-state index in [0.717, 1.165) is 18.4 Å². The summed E-state index contributed by atoms with van der Waals surface area (Å²) in [5.41, 5.74) is 1.24. The molecule has 4 rings (SSSR count). The van der Waals surface area contributed by atoms with Crippen LogP contribution >= 0.6 is 0 Å². The fraction of sp³-hybridized carbons (Fsp3) is 0.286. The summed E-state index contributed by atoms with van der Waals surface area (Å²) in [6.07, 6.45) is 4.77. The highest BCUT2D eigenvalue weighted by Crippen LogP contribution is 2.23. The number of hydrogen-bond acceptors (Lipinski definition) is 5. The molecular formula is C21H23N5O3S. The van der Waals surface area contributed by atoms with E-state index in [1.807, 2.05) is 35.0 Å². The summed E-state index contributed by atoms with van der Waals surface area (Å²) in [6.45, 7) is 1.37. The number of aromatic nitrogens is 3. The van der Waals surface area contributed by atoms with E-state index in [2.05, 4.69) is 14.8 Å². The van der Waals surface area contributed by atoms with E-state index in [0.29, 0.717) is 18.7 Å². The number of piperidine rings is 1. The van der Waals surface area contributed by atoms with Crippen molar-refractivity contribution >= 4 is 15.9 Å². The Morgan fingerprint density at radius 1 is 1.07 bits per heavy atom. The van der Waals surface area contributed by atoms with Gasteiger partial charge in [-0.1, -0.05) is 36.4 Å². The highest BCUT2D eigenvalue weighted by atomic mass is 32.2. The lowest BCUT2D eigenvalue weighted by atomic mass is 10.0. The van der Waals surface area contributed by atoms with Crippen LogP contribution in [0.2, 0.25) is 0 Å². The van der Waals surface area contributed by atoms with Crippen LogP contribution in [0.3, 0.4) is 0 Å². The number of sulfonamides is 1. The SMILES string of the molecule is O=C(c1cccc(S(=O)(=O)NCc2ccccc2)c1)N1CCC(n2cncn2)CC1. The van der Waals surface area contributed by atoms with Crippen molar-refractivity contribution in [3.63, 3.8) is 0 Å². The number of hydrogen-bond donors (Lipinski definition) is 1. The van der Waals surface area contributed by atoms with Gasteiger partial charge in [-0.3, -0.25) is 4.79 Å². The molecule has 0 spiro atoms. The highest BCUT2D eigenvalue weighted by Gasteiger charge is 2.26. The average Bonchev–Trinajstić information content (AvgIpc) is 3.33. The van der Waals surface area contributed by atoms with E-state index in [1.54, 1.807) is 23.4 Å². The molecule has 1 aliphatic rings. The predicted octanol–water partition coefficient (Wildman–Crippen LogP) is 2.23. The fourth-order valence-corrected chi connectivity index (χ4v) is 4.64. The van der Waals surface area contributed by atoms with Crippen LogP contribution in [0.4, 0.5) is 0 Å². The van der Waals surface area contributed by atoms with Gasteiger partial charge in [-0.2, -0.15) is 5.10 Å². The largest absolute Gasteiger partial charge is 0.338 e. The number of rotatable bonds is 6. The first kappa shape index (κ1) is 20.2. The van der Waals surface area contributed by atoms with Gasteiger partial charge in [0.2, 0.25) is 10.0 Å². The molecule has 0 atom stereocenters. The molecule has 0 aliphatic carbocycles. The van der Waals surface area contributed by atoms with Crippen molar-refractivity contribution in [1.82, 2.24) is 24.4 Å². The summed E-state index contributed by atoms with van der Waals surface area (Å²) in [6, 6.07) is 15.7. The third kappa shape index (κ3) is 4.58. The van der Waals surface area contributed by atoms with Crippen molar-refractivity contribution in [3.05, 3.63) is 78.4 Å². The third-order valence-corrected chi connectivity index (χ3v) is 6.66. The zero-order valence-electron chi connectivity index (χ0n) is 16.4. The molecule has 30 heavy (non-hydrogen) atoms. The van der Waals surface area contributed by atoms with E-state index in [1.165, 1.54) is 18.5 Å². The van der Waals surface area contributed by atoms with Crippen molar-refractivity contribution in [2.75, 3.05) is 13.1 Å². The average molecular weight is 426 g/mol. The van der Waals surface area contributed by atoms with E-state index in [9.17, 15) is 13.2 Å². The molecule has 9 heteroatoms. The molecule has 8 nitrogen and oxygen atoms in total. The van der Waals surface area contributed by atoms with E-state index in [4.69, 9.17) is 0 Å². The Labute approximate surface area is 175 Å². The van der Waals surface area contributed by atoms with Crippen LogP contribution in [-0.4, -0.2) is 47.1 Å². The summed E-state index contributed by atoms with van der Waals surface area (Å²) in [4.78, 5) is 18.7. The van der Waals surface area contributed by atoms with E-state index in [-0.39, 0.29) is 23.4 Å². The van der Waals surface area contributed by atoms with E-state index < -0.39 is 10.0 Å². The topological polar surface area (TPSA) is 97.2 Å². The standard InChI is InChI=1S/C21H23N5O3S/c27-21(25-11-9-19(10-12-25)26-16-22-15-23-26)18-7-4-8-20(13-18)30(28,29)24-14-17-5-2-1-3-6-17/h1-8,13,15-16,19,24H,9-12,14H2. The molecule has 1 fully saturated rings. The Balaban J connectivity index is 1.42. The van der Waals surface area contributed by atoms with Gasteiger partial charge >= 0.3 is 0 Å². The molecule has 156 valence electrons. The smallest absolute Gasteiger partial charge is 0.253 e. The first-order valence-corrected chi connectivity index (χ1v) is 11.3. The van der Waals surface area contributed by atoms with Crippen LogP contribution in [-0.2, 0) is 16.6 Å². The molecule has 3 aromatic rings. The number of carbonyl (C=O) groups excluding carboxylic acids is 1. The normalized spacial score (nSPS) is 15.3. The van der Waals surface area contributed by atoms with Crippen molar-refractivity contribution in [1.29, 1.82) is 0 Å². The van der Waals surface area contributed by atoms with Gasteiger partial charge in [-0.15, -0.1) is 0 Å². The summed E-state index contributed by atoms with van der Waals surface area (Å²) in [5.74, 6) is -0.160. The lowest BCUT2D eigenvalue weighted by Crippen LogP contribution is -2.39. The quantitative estimate of drug-likeness (QED) is 0.653. The number of likely N-dealkylation sites (tertiary alicyclic amines) is 1. The highest BCUT2D eigenvalue weighted by molar-refractivity contribution is 7.89. The van der Waals surface area contributed by atoms with Gasteiger partial charge in [0.25, 0.3) is 5.91 Å². The van der Waals surface area contributed by atoms with Crippen LogP contribution in [0.1, 0.15) is 34.8 Å². The zero-order chi connectivity index (χ0) is 21.0. The summed E-state index contributed by atoms with van der Waals surface area (Å²) < 4.78 is 29.8. The molecule has 1 aromatic heterocycles. The lowest BCUT2D eigenvalue weighted by molar-refractivity contribution is 0.0689. The molecule has 1 aliphatic heterocycles. The maximum absolute atomic E-state index is 12.9. The summed E-state index contributed by atoms with van der Waals surface area (Å²) in [7, 11) is -3.72. The van der Waals surface area contributed by atoms with Gasteiger partial charge in [0.05, 0.1) is 10.9 Å². The number of amides is 1. The minimum absolute atomic E-state index is 0.0850. The Bertz CT molecular complexity index is 1090. The van der Waals surface area contributed by atoms with Gasteiger partial charge in [-0.25, -0.2) is 22.8 Å². The molecule has 2 heterocycles. The van der Waals surface area contributed by atoms with Crippen molar-refractivity contribution < 1.29 is 13.2 Å². The van der Waals surface area contributed by atoms with Crippen LogP contribution in [0.5, 0.6) is 0 Å². The lowest BCUT2D eigenvalue weighted by Gasteiger charge is -2.32. The monoisotopic (exact) mass is 425 g/mol. The molecule has 0 radical (unpaired) electrons. The Morgan fingerprint density at radius 3 is 2.53 bits per heavy atom. The number of benzene rings is 2. The van der Waals surface area contributed by atoms with Crippen LogP contribution in [0, 0.1) is 0 Å².